The summed E-state index contributed by atoms with van der Waals surface area (Å²) in [5.74, 6) is -1.18. The van der Waals surface area contributed by atoms with Crippen LogP contribution in [0.3, 0.4) is 0 Å². The van der Waals surface area contributed by atoms with Gasteiger partial charge in [-0.25, -0.2) is 0 Å². The lowest BCUT2D eigenvalue weighted by atomic mass is 10.1. The molecule has 0 aromatic heterocycles. The van der Waals surface area contributed by atoms with Crippen molar-refractivity contribution in [1.82, 2.24) is 0 Å². The summed E-state index contributed by atoms with van der Waals surface area (Å²) in [6.45, 7) is 3.62. The van der Waals surface area contributed by atoms with Crippen molar-refractivity contribution in [2.45, 2.75) is 135 Å². The van der Waals surface area contributed by atoms with E-state index in [0.29, 0.717) is 36.7 Å². The molecule has 0 aromatic carbocycles. The summed E-state index contributed by atoms with van der Waals surface area (Å²) in [5, 5.41) is 20.2. The monoisotopic (exact) mass is 886 g/mol. The first-order valence-electron chi connectivity index (χ1n) is 22.5. The lowest BCUT2D eigenvalue weighted by molar-refractivity contribution is -0.870. The van der Waals surface area contributed by atoms with E-state index in [1.165, 1.54) is 0 Å². The molecule has 12 heteroatoms. The Balaban J connectivity index is 4.73. The Kier molecular flexibility index (Phi) is 37.8. The number of carbonyl (C=O) groups is 2. The van der Waals surface area contributed by atoms with E-state index >= 15 is 0 Å². The molecule has 0 aliphatic rings. The summed E-state index contributed by atoms with van der Waals surface area (Å²) in [5.41, 5.74) is 0. The van der Waals surface area contributed by atoms with Crippen LogP contribution in [0.5, 0.6) is 0 Å². The van der Waals surface area contributed by atoms with Crippen molar-refractivity contribution >= 4 is 19.8 Å². The van der Waals surface area contributed by atoms with Gasteiger partial charge in [-0.2, -0.15) is 0 Å². The zero-order chi connectivity index (χ0) is 46.0. The van der Waals surface area contributed by atoms with E-state index in [2.05, 4.69) is 74.6 Å². The van der Waals surface area contributed by atoms with Gasteiger partial charge in [0.05, 0.1) is 40.0 Å². The van der Waals surface area contributed by atoms with Crippen LogP contribution in [0, 0.1) is 0 Å². The van der Waals surface area contributed by atoms with Crippen LogP contribution in [0.2, 0.25) is 0 Å². The normalized spacial score (nSPS) is 15.7. The molecular weight excluding hydrogens is 806 g/mol. The van der Waals surface area contributed by atoms with E-state index in [4.69, 9.17) is 18.5 Å². The Labute approximate surface area is 374 Å². The molecule has 0 radical (unpaired) electrons. The van der Waals surface area contributed by atoms with Crippen LogP contribution >= 0.6 is 7.82 Å². The molecule has 0 heterocycles. The average Bonchev–Trinajstić information content (AvgIpc) is 3.21. The van der Waals surface area contributed by atoms with Gasteiger partial charge in [-0.05, 0) is 70.6 Å². The van der Waals surface area contributed by atoms with Crippen molar-refractivity contribution in [2.75, 3.05) is 47.5 Å². The molecule has 0 aliphatic heterocycles. The number of hydrogen-bond acceptors (Lipinski definition) is 10. The Hall–Kier alpha value is -3.67. The summed E-state index contributed by atoms with van der Waals surface area (Å²) in [6.07, 6.45) is 48.9. The number of allylic oxidation sites excluding steroid dienone is 18. The zero-order valence-electron chi connectivity index (χ0n) is 38.5. The number of rotatable bonds is 38. The van der Waals surface area contributed by atoms with Crippen molar-refractivity contribution in [3.05, 3.63) is 122 Å². The lowest BCUT2D eigenvalue weighted by Crippen LogP contribution is -2.37. The number of esters is 2. The molecule has 1 unspecified atom stereocenters. The second kappa shape index (κ2) is 40.1. The highest BCUT2D eigenvalue weighted by Crippen LogP contribution is 2.38. The van der Waals surface area contributed by atoms with E-state index in [9.17, 15) is 29.3 Å². The first-order chi connectivity index (χ1) is 29.8. The van der Waals surface area contributed by atoms with Crippen molar-refractivity contribution in [1.29, 1.82) is 0 Å². The van der Waals surface area contributed by atoms with Crippen LogP contribution < -0.4 is 4.89 Å². The summed E-state index contributed by atoms with van der Waals surface area (Å²) in [4.78, 5) is 37.6. The molecule has 0 saturated heterocycles. The lowest BCUT2D eigenvalue weighted by Gasteiger charge is -2.28. The van der Waals surface area contributed by atoms with E-state index in [0.717, 1.165) is 64.2 Å². The fraction of sp³-hybridized carbons (Fsp3) is 0.560. The molecule has 62 heavy (non-hydrogen) atoms. The SMILES string of the molecule is CC/C=C\C/C=C\C/C=C\C/C=C\C/C=C\C/C=C\CCC(=O)O[C@H](COC(=O)CCC[C@@H](O)/C=C/C=C\C/C=C\C=C\[C@@H](O)CCCCC)COP(=O)([O-])OCC[N+](C)(C)C. The maximum Gasteiger partial charge on any atom is 0.306 e. The summed E-state index contributed by atoms with van der Waals surface area (Å²) < 4.78 is 33.6. The van der Waals surface area contributed by atoms with Crippen molar-refractivity contribution in [3.8, 4) is 0 Å². The van der Waals surface area contributed by atoms with E-state index in [1.54, 1.807) is 18.2 Å². The number of carbonyl (C=O) groups excluding carboxylic acids is 2. The third-order valence-electron chi connectivity index (χ3n) is 8.69. The summed E-state index contributed by atoms with van der Waals surface area (Å²) >= 11 is 0. The number of quaternary nitrogens is 1. The third-order valence-corrected chi connectivity index (χ3v) is 9.65. The highest BCUT2D eigenvalue weighted by molar-refractivity contribution is 7.45. The fourth-order valence-corrected chi connectivity index (χ4v) is 5.86. The number of aliphatic hydroxyl groups is 2. The minimum absolute atomic E-state index is 0.00473. The molecule has 0 bridgehead atoms. The van der Waals surface area contributed by atoms with E-state index < -0.39 is 51.3 Å². The quantitative estimate of drug-likeness (QED) is 0.0153. The van der Waals surface area contributed by atoms with Crippen molar-refractivity contribution < 1.29 is 52.3 Å². The first kappa shape index (κ1) is 58.3. The number of hydrogen-bond donors (Lipinski definition) is 2. The average molecular weight is 886 g/mol. The minimum atomic E-state index is -4.71. The minimum Gasteiger partial charge on any atom is -0.756 e. The molecule has 0 rings (SSSR count). The fourth-order valence-electron chi connectivity index (χ4n) is 5.13. The van der Waals surface area contributed by atoms with Gasteiger partial charge in [0.2, 0.25) is 0 Å². The predicted octanol–water partition coefficient (Wildman–Crippen LogP) is 10.2. The highest BCUT2D eigenvalue weighted by Gasteiger charge is 2.21. The number of ether oxygens (including phenoxy) is 2. The van der Waals surface area contributed by atoms with Crippen LogP contribution in [-0.4, -0.2) is 92.5 Å². The maximum atomic E-state index is 12.7. The first-order valence-corrected chi connectivity index (χ1v) is 23.9. The molecule has 0 amide bonds. The maximum absolute atomic E-state index is 12.7. The second-order valence-electron chi connectivity index (χ2n) is 15.7. The number of phosphoric ester groups is 1. The molecule has 4 atom stereocenters. The predicted molar refractivity (Wildman–Crippen MR) is 252 cm³/mol. The van der Waals surface area contributed by atoms with Gasteiger partial charge in [0, 0.05) is 12.8 Å². The summed E-state index contributed by atoms with van der Waals surface area (Å²) in [6, 6.07) is 0. The van der Waals surface area contributed by atoms with Gasteiger partial charge in [-0.15, -0.1) is 0 Å². The van der Waals surface area contributed by atoms with Gasteiger partial charge in [0.1, 0.15) is 19.8 Å². The van der Waals surface area contributed by atoms with Gasteiger partial charge in [-0.1, -0.05) is 155 Å². The van der Waals surface area contributed by atoms with Gasteiger partial charge in [-0.3, -0.25) is 14.2 Å². The molecule has 0 spiro atoms. The van der Waals surface area contributed by atoms with Crippen LogP contribution in [0.25, 0.3) is 0 Å². The number of aliphatic hydroxyl groups excluding tert-OH is 2. The van der Waals surface area contributed by atoms with Crippen molar-refractivity contribution in [3.63, 3.8) is 0 Å². The molecule has 0 saturated carbocycles. The Morgan fingerprint density at radius 2 is 1.11 bits per heavy atom. The molecule has 11 nitrogen and oxygen atoms in total. The zero-order valence-corrected chi connectivity index (χ0v) is 39.4. The van der Waals surface area contributed by atoms with Crippen LogP contribution in [-0.2, 0) is 32.7 Å². The Morgan fingerprint density at radius 3 is 1.63 bits per heavy atom. The number of nitrogens with zero attached hydrogens (tertiary/aromatic N) is 1. The van der Waals surface area contributed by atoms with E-state index in [-0.39, 0.29) is 19.4 Å². The van der Waals surface area contributed by atoms with Crippen LogP contribution in [0.1, 0.15) is 117 Å². The topological polar surface area (TPSA) is 152 Å². The van der Waals surface area contributed by atoms with Crippen LogP contribution in [0.15, 0.2) is 122 Å². The van der Waals surface area contributed by atoms with Gasteiger partial charge in [0.15, 0.2) is 6.10 Å². The van der Waals surface area contributed by atoms with Gasteiger partial charge in [0.25, 0.3) is 7.82 Å². The standard InChI is InChI=1S/C50H80NO10P/c1-6-8-10-11-12-13-14-15-16-17-18-19-20-21-22-23-27-30-34-40-50(55)61-48(45-60-62(56,57)59-43-42-51(3,4)5)44-58-49(54)41-35-39-47(53)38-33-29-26-24-25-28-32-37-46(52)36-31-9-7-2/h8,10,12-13,15-16,18-19,21-22,25-30,32-33,37-38,46-48,52-53H,6-7,9,11,14,17,20,23-24,31,34-36,39-45H2,1-5H3/b10-8-,13-12-,16-15-,19-18-,22-21-,28-25-,29-26-,30-27-,37-32+,38-33+/t46-,47-,48+/m0/s1. The molecule has 0 aromatic rings. The molecule has 0 fully saturated rings. The summed E-state index contributed by atoms with van der Waals surface area (Å²) in [7, 11) is 0.967. The number of unbranched alkanes of at least 4 members (excludes halogenated alkanes) is 2. The molecule has 350 valence electrons. The van der Waals surface area contributed by atoms with Crippen molar-refractivity contribution in [2.24, 2.45) is 0 Å². The second-order valence-corrected chi connectivity index (χ2v) is 17.1. The van der Waals surface area contributed by atoms with Crippen LogP contribution in [0.4, 0.5) is 0 Å². The highest BCUT2D eigenvalue weighted by atomic mass is 31.2. The Morgan fingerprint density at radius 1 is 0.613 bits per heavy atom. The number of phosphoric acid groups is 1. The van der Waals surface area contributed by atoms with Gasteiger partial charge >= 0.3 is 11.9 Å². The molecule has 2 N–H and O–H groups in total. The van der Waals surface area contributed by atoms with E-state index in [1.807, 2.05) is 63.7 Å². The smallest absolute Gasteiger partial charge is 0.306 e. The third kappa shape index (κ3) is 43.0. The number of likely N-dealkylation sites (N-methyl/N-ethyl adjacent to an activating group) is 1. The molecular formula is C50H80NO10P. The van der Waals surface area contributed by atoms with Gasteiger partial charge < -0.3 is 38.1 Å². The Bertz CT molecular complexity index is 1500. The largest absolute Gasteiger partial charge is 0.756 e. The molecule has 0 aliphatic carbocycles.